The standard InChI is InChI=1S/C31H29Cl2NO3.C2HF3O2/c32-27-6-3-7-28(33)30(27)31(35)36-17-15-21-8-12-24(13-9-21)26-14-16-34-19-29(26)37-20-22-10-11-23-4-1-2-5-25(23)18-22;3-2(4,5)1(6)7/h1-13,18,26,29,34H,14-17,19-20H2;(H,6,7). The van der Waals surface area contributed by atoms with Crippen LogP contribution in [0.1, 0.15) is 39.4 Å². The van der Waals surface area contributed by atoms with Crippen molar-refractivity contribution >= 4 is 45.9 Å². The van der Waals surface area contributed by atoms with Crippen molar-refractivity contribution in [1.82, 2.24) is 5.32 Å². The van der Waals surface area contributed by atoms with Crippen molar-refractivity contribution in [2.75, 3.05) is 19.7 Å². The lowest BCUT2D eigenvalue weighted by molar-refractivity contribution is -0.192. The highest BCUT2D eigenvalue weighted by molar-refractivity contribution is 6.39. The third kappa shape index (κ3) is 9.19. The molecule has 232 valence electrons. The predicted molar refractivity (Wildman–Crippen MR) is 163 cm³/mol. The van der Waals surface area contributed by atoms with Crippen LogP contribution in [-0.2, 0) is 27.3 Å². The first-order valence-corrected chi connectivity index (χ1v) is 14.6. The number of piperidine rings is 1. The number of hydrogen-bond acceptors (Lipinski definition) is 5. The van der Waals surface area contributed by atoms with Gasteiger partial charge < -0.3 is 19.9 Å². The van der Waals surface area contributed by atoms with Crippen LogP contribution in [0.3, 0.4) is 0 Å². The number of fused-ring (bicyclic) bond motifs is 1. The first-order valence-electron chi connectivity index (χ1n) is 13.8. The molecule has 1 aliphatic rings. The Morgan fingerprint density at radius 2 is 1.52 bits per heavy atom. The number of esters is 1. The SMILES string of the molecule is O=C(O)C(F)(F)F.O=C(OCCc1ccc(C2CCNCC2OCc2ccc3ccccc3c2)cc1)c1c(Cl)cccc1Cl. The van der Waals surface area contributed by atoms with Crippen LogP contribution in [-0.4, -0.2) is 49.0 Å². The van der Waals surface area contributed by atoms with Crippen LogP contribution in [0, 0.1) is 0 Å². The van der Waals surface area contributed by atoms with Gasteiger partial charge in [-0.05, 0) is 58.6 Å². The Morgan fingerprint density at radius 1 is 0.886 bits per heavy atom. The van der Waals surface area contributed by atoms with Gasteiger partial charge in [-0.25, -0.2) is 9.59 Å². The van der Waals surface area contributed by atoms with Crippen molar-refractivity contribution in [3.63, 3.8) is 0 Å². The summed E-state index contributed by atoms with van der Waals surface area (Å²) in [5.41, 5.74) is 3.77. The molecular weight excluding hydrogens is 618 g/mol. The first-order chi connectivity index (χ1) is 21.0. The van der Waals surface area contributed by atoms with Gasteiger partial charge in [0.1, 0.15) is 0 Å². The zero-order valence-electron chi connectivity index (χ0n) is 23.5. The Kier molecular flexibility index (Phi) is 11.6. The summed E-state index contributed by atoms with van der Waals surface area (Å²) in [6.07, 6.45) is -3.34. The number of aliphatic carboxylic acids is 1. The lowest BCUT2D eigenvalue weighted by Gasteiger charge is -2.32. The van der Waals surface area contributed by atoms with E-state index in [0.717, 1.165) is 25.1 Å². The van der Waals surface area contributed by atoms with E-state index in [4.69, 9.17) is 42.6 Å². The minimum Gasteiger partial charge on any atom is -0.475 e. The molecule has 1 aliphatic heterocycles. The maximum Gasteiger partial charge on any atom is 0.490 e. The van der Waals surface area contributed by atoms with Crippen LogP contribution < -0.4 is 5.32 Å². The van der Waals surface area contributed by atoms with Gasteiger partial charge in [0, 0.05) is 18.9 Å². The molecule has 11 heteroatoms. The van der Waals surface area contributed by atoms with Crippen molar-refractivity contribution in [2.24, 2.45) is 0 Å². The molecule has 4 aromatic carbocycles. The maximum atomic E-state index is 12.4. The summed E-state index contributed by atoms with van der Waals surface area (Å²) in [5, 5.41) is 13.7. The molecule has 2 unspecified atom stereocenters. The van der Waals surface area contributed by atoms with Gasteiger partial charge in [0.05, 0.1) is 34.9 Å². The van der Waals surface area contributed by atoms with Crippen molar-refractivity contribution in [2.45, 2.75) is 37.6 Å². The van der Waals surface area contributed by atoms with Gasteiger partial charge in [-0.1, -0.05) is 89.9 Å². The van der Waals surface area contributed by atoms with Crippen LogP contribution in [0.2, 0.25) is 10.0 Å². The van der Waals surface area contributed by atoms with Gasteiger partial charge in [0.15, 0.2) is 0 Å². The molecule has 0 amide bonds. The van der Waals surface area contributed by atoms with E-state index >= 15 is 0 Å². The first kappa shape index (κ1) is 33.3. The summed E-state index contributed by atoms with van der Waals surface area (Å²) in [7, 11) is 0. The third-order valence-corrected chi connectivity index (χ3v) is 7.78. The summed E-state index contributed by atoms with van der Waals surface area (Å²) >= 11 is 12.2. The molecule has 0 saturated carbocycles. The number of rotatable bonds is 8. The Balaban J connectivity index is 0.000000566. The van der Waals surface area contributed by atoms with E-state index in [2.05, 4.69) is 72.0 Å². The van der Waals surface area contributed by atoms with E-state index in [1.165, 1.54) is 21.9 Å². The molecule has 1 heterocycles. The molecule has 44 heavy (non-hydrogen) atoms. The van der Waals surface area contributed by atoms with Crippen LogP contribution in [0.5, 0.6) is 0 Å². The lowest BCUT2D eigenvalue weighted by atomic mass is 9.87. The highest BCUT2D eigenvalue weighted by Gasteiger charge is 2.38. The highest BCUT2D eigenvalue weighted by Crippen LogP contribution is 2.29. The number of carbonyl (C=O) groups excluding carboxylic acids is 1. The number of ether oxygens (including phenoxy) is 2. The van der Waals surface area contributed by atoms with Crippen LogP contribution >= 0.6 is 23.2 Å². The number of halogens is 5. The normalized spacial score (nSPS) is 16.6. The average molecular weight is 649 g/mol. The van der Waals surface area contributed by atoms with E-state index in [0.29, 0.717) is 29.0 Å². The van der Waals surface area contributed by atoms with E-state index < -0.39 is 18.1 Å². The monoisotopic (exact) mass is 647 g/mol. The molecule has 1 saturated heterocycles. The predicted octanol–water partition coefficient (Wildman–Crippen LogP) is 7.84. The smallest absolute Gasteiger partial charge is 0.475 e. The fourth-order valence-corrected chi connectivity index (χ4v) is 5.43. The Labute approximate surface area is 262 Å². The summed E-state index contributed by atoms with van der Waals surface area (Å²) in [4.78, 5) is 21.3. The number of carboxylic acids is 1. The van der Waals surface area contributed by atoms with Gasteiger partial charge in [0.25, 0.3) is 0 Å². The molecule has 0 aromatic heterocycles. The van der Waals surface area contributed by atoms with Crippen LogP contribution in [0.25, 0.3) is 10.8 Å². The van der Waals surface area contributed by atoms with Crippen molar-refractivity contribution in [3.8, 4) is 0 Å². The minimum atomic E-state index is -5.08. The average Bonchev–Trinajstić information content (AvgIpc) is 3.00. The Morgan fingerprint density at radius 3 is 2.18 bits per heavy atom. The molecule has 0 aliphatic carbocycles. The number of benzene rings is 4. The zero-order valence-corrected chi connectivity index (χ0v) is 25.0. The lowest BCUT2D eigenvalue weighted by Crippen LogP contribution is -2.40. The molecule has 0 spiro atoms. The summed E-state index contributed by atoms with van der Waals surface area (Å²) < 4.78 is 43.6. The van der Waals surface area contributed by atoms with E-state index in [1.807, 2.05) is 0 Å². The Bertz CT molecular complexity index is 1560. The van der Waals surface area contributed by atoms with E-state index in [1.54, 1.807) is 18.2 Å². The fraction of sp³-hybridized carbons (Fsp3) is 0.273. The van der Waals surface area contributed by atoms with Gasteiger partial charge in [-0.2, -0.15) is 13.2 Å². The zero-order chi connectivity index (χ0) is 31.7. The van der Waals surface area contributed by atoms with Crippen molar-refractivity contribution in [3.05, 3.63) is 117 Å². The molecule has 6 nitrogen and oxygen atoms in total. The number of nitrogens with one attached hydrogen (secondary N) is 1. The Hall–Kier alpha value is -3.63. The van der Waals surface area contributed by atoms with Gasteiger partial charge >= 0.3 is 18.1 Å². The fourth-order valence-electron chi connectivity index (χ4n) is 4.88. The molecule has 0 radical (unpaired) electrons. The molecule has 2 atom stereocenters. The number of hydrogen-bond donors (Lipinski definition) is 2. The largest absolute Gasteiger partial charge is 0.490 e. The van der Waals surface area contributed by atoms with Crippen LogP contribution in [0.15, 0.2) is 84.9 Å². The summed E-state index contributed by atoms with van der Waals surface area (Å²) in [5.74, 6) is -2.93. The molecule has 4 aromatic rings. The van der Waals surface area contributed by atoms with E-state index in [-0.39, 0.29) is 18.3 Å². The summed E-state index contributed by atoms with van der Waals surface area (Å²) in [6.45, 7) is 2.65. The molecule has 0 bridgehead atoms. The second kappa shape index (κ2) is 15.4. The third-order valence-electron chi connectivity index (χ3n) is 7.15. The van der Waals surface area contributed by atoms with Crippen LogP contribution in [0.4, 0.5) is 13.2 Å². The molecule has 1 fully saturated rings. The molecule has 5 rings (SSSR count). The van der Waals surface area contributed by atoms with E-state index in [9.17, 15) is 18.0 Å². The quantitative estimate of drug-likeness (QED) is 0.190. The van der Waals surface area contributed by atoms with Gasteiger partial charge in [0.2, 0.25) is 0 Å². The van der Waals surface area contributed by atoms with Crippen molar-refractivity contribution < 1.29 is 37.3 Å². The topological polar surface area (TPSA) is 84.9 Å². The highest BCUT2D eigenvalue weighted by atomic mass is 35.5. The van der Waals surface area contributed by atoms with Gasteiger partial charge in [-0.15, -0.1) is 0 Å². The maximum absolute atomic E-state index is 12.4. The molecule has 2 N–H and O–H groups in total. The minimum absolute atomic E-state index is 0.104. The number of carboxylic acid groups (broad SMARTS) is 1. The summed E-state index contributed by atoms with van der Waals surface area (Å²) in [6, 6.07) is 28.4. The van der Waals surface area contributed by atoms with Crippen molar-refractivity contribution in [1.29, 1.82) is 0 Å². The number of carbonyl (C=O) groups is 2. The molecular formula is C33H30Cl2F3NO5. The van der Waals surface area contributed by atoms with Gasteiger partial charge in [-0.3, -0.25) is 0 Å². The second-order valence-corrected chi connectivity index (χ2v) is 11.0. The second-order valence-electron chi connectivity index (χ2n) is 10.2. The number of alkyl halides is 3.